The van der Waals surface area contributed by atoms with Gasteiger partial charge in [0, 0.05) is 17.4 Å². The smallest absolute Gasteiger partial charge is 0.134 e. The molecule has 0 bridgehead atoms. The zero-order valence-corrected chi connectivity index (χ0v) is 13.4. The van der Waals surface area contributed by atoms with Gasteiger partial charge in [0.2, 0.25) is 0 Å². The van der Waals surface area contributed by atoms with Crippen molar-refractivity contribution in [1.82, 2.24) is 4.98 Å². The third kappa shape index (κ3) is 2.61. The maximum Gasteiger partial charge on any atom is 0.134 e. The fourth-order valence-corrected chi connectivity index (χ4v) is 3.14. The van der Waals surface area contributed by atoms with Crippen molar-refractivity contribution in [3.05, 3.63) is 70.9 Å². The number of hydrogen-bond acceptors (Lipinski definition) is 2. The summed E-state index contributed by atoms with van der Waals surface area (Å²) < 4.78 is 6.09. The molecule has 0 saturated carbocycles. The van der Waals surface area contributed by atoms with Gasteiger partial charge in [0.05, 0.1) is 11.2 Å². The zero-order chi connectivity index (χ0) is 15.8. The molecule has 0 spiro atoms. The van der Waals surface area contributed by atoms with Gasteiger partial charge < -0.3 is 4.74 Å². The fraction of sp³-hybridized carbons (Fsp3) is 0.190. The number of benzene rings is 2. The number of ether oxygens (including phenoxy) is 1. The minimum atomic E-state index is 0.210. The molecule has 1 aliphatic heterocycles. The number of aromatic nitrogens is 1. The van der Waals surface area contributed by atoms with Crippen LogP contribution in [0.3, 0.4) is 0 Å². The van der Waals surface area contributed by atoms with Gasteiger partial charge in [-0.3, -0.25) is 0 Å². The van der Waals surface area contributed by atoms with E-state index < -0.39 is 0 Å². The van der Waals surface area contributed by atoms with E-state index in [9.17, 15) is 0 Å². The van der Waals surface area contributed by atoms with Gasteiger partial charge in [-0.25, -0.2) is 4.98 Å². The average Bonchev–Trinajstić information content (AvgIpc) is 2.96. The molecule has 0 amide bonds. The van der Waals surface area contributed by atoms with Crippen LogP contribution in [0.1, 0.15) is 29.3 Å². The molecule has 1 aromatic heterocycles. The Bertz CT molecular complexity index is 897. The second-order valence-corrected chi connectivity index (χ2v) is 6.20. The summed E-state index contributed by atoms with van der Waals surface area (Å²) in [5, 5.41) is 1.13. The van der Waals surface area contributed by atoms with E-state index in [4.69, 9.17) is 9.72 Å². The van der Waals surface area contributed by atoms with E-state index in [1.165, 1.54) is 16.7 Å². The zero-order valence-electron chi connectivity index (χ0n) is 13.4. The lowest BCUT2D eigenvalue weighted by molar-refractivity contribution is 0.257. The first-order valence-corrected chi connectivity index (χ1v) is 8.04. The van der Waals surface area contributed by atoms with Gasteiger partial charge in [0.1, 0.15) is 11.9 Å². The molecule has 2 heteroatoms. The Balaban J connectivity index is 1.86. The molecule has 2 heterocycles. The van der Waals surface area contributed by atoms with Crippen molar-refractivity contribution in [1.29, 1.82) is 0 Å². The number of nitrogens with zero attached hydrogens (tertiary/aromatic N) is 1. The van der Waals surface area contributed by atoms with Crippen molar-refractivity contribution < 1.29 is 4.74 Å². The minimum absolute atomic E-state index is 0.210. The normalized spacial score (nSPS) is 16.7. The van der Waals surface area contributed by atoms with Crippen LogP contribution in [0.5, 0.6) is 5.75 Å². The SMILES string of the molecule is Cc1ccc2nc(C=Cc3ccccc3)c3c(c2c1)O[C@@H](C)C3. The minimum Gasteiger partial charge on any atom is -0.489 e. The van der Waals surface area contributed by atoms with Gasteiger partial charge in [-0.2, -0.15) is 0 Å². The first-order chi connectivity index (χ1) is 11.2. The van der Waals surface area contributed by atoms with Crippen molar-refractivity contribution in [2.45, 2.75) is 26.4 Å². The summed E-state index contributed by atoms with van der Waals surface area (Å²) in [7, 11) is 0. The molecule has 1 atom stereocenters. The topological polar surface area (TPSA) is 22.1 Å². The molecule has 3 aromatic rings. The predicted octanol–water partition coefficient (Wildman–Crippen LogP) is 5.04. The molecule has 4 rings (SSSR count). The molecule has 2 nitrogen and oxygen atoms in total. The van der Waals surface area contributed by atoms with E-state index in [0.717, 1.165) is 28.8 Å². The third-order valence-corrected chi connectivity index (χ3v) is 4.26. The molecule has 114 valence electrons. The van der Waals surface area contributed by atoms with Crippen LogP contribution < -0.4 is 4.74 Å². The largest absolute Gasteiger partial charge is 0.489 e. The van der Waals surface area contributed by atoms with Crippen LogP contribution in [0.2, 0.25) is 0 Å². The molecular weight excluding hydrogens is 282 g/mol. The van der Waals surface area contributed by atoms with Gasteiger partial charge in [0.25, 0.3) is 0 Å². The van der Waals surface area contributed by atoms with Crippen LogP contribution >= 0.6 is 0 Å². The highest BCUT2D eigenvalue weighted by atomic mass is 16.5. The van der Waals surface area contributed by atoms with E-state index in [2.05, 4.69) is 56.3 Å². The highest BCUT2D eigenvalue weighted by Gasteiger charge is 2.25. The Kier molecular flexibility index (Phi) is 3.38. The summed E-state index contributed by atoms with van der Waals surface area (Å²) in [6.07, 6.45) is 5.35. The first-order valence-electron chi connectivity index (χ1n) is 8.04. The summed E-state index contributed by atoms with van der Waals surface area (Å²) in [5.74, 6) is 1.01. The Morgan fingerprint density at radius 2 is 1.91 bits per heavy atom. The predicted molar refractivity (Wildman–Crippen MR) is 95.6 cm³/mol. The highest BCUT2D eigenvalue weighted by molar-refractivity contribution is 5.90. The second kappa shape index (κ2) is 5.54. The Labute approximate surface area is 136 Å². The van der Waals surface area contributed by atoms with Crippen molar-refractivity contribution >= 4 is 23.1 Å². The number of aryl methyl sites for hydroxylation is 1. The van der Waals surface area contributed by atoms with Gasteiger partial charge in [-0.15, -0.1) is 0 Å². The van der Waals surface area contributed by atoms with Crippen LogP contribution in [-0.4, -0.2) is 11.1 Å². The molecule has 1 aliphatic rings. The molecular formula is C21H19NO. The third-order valence-electron chi connectivity index (χ3n) is 4.26. The number of fused-ring (bicyclic) bond motifs is 3. The van der Waals surface area contributed by atoms with Crippen LogP contribution in [-0.2, 0) is 6.42 Å². The summed E-state index contributed by atoms with van der Waals surface area (Å²) in [6.45, 7) is 4.22. The lowest BCUT2D eigenvalue weighted by Gasteiger charge is -2.09. The van der Waals surface area contributed by atoms with Gasteiger partial charge in [-0.05, 0) is 37.6 Å². The summed E-state index contributed by atoms with van der Waals surface area (Å²) >= 11 is 0. The second-order valence-electron chi connectivity index (χ2n) is 6.20. The standard InChI is InChI=1S/C21H19NO/c1-14-8-10-19-17(12-14)21-18(13-15(2)23-21)20(22-19)11-9-16-6-4-3-5-7-16/h3-12,15H,13H2,1-2H3/t15-/m0/s1. The monoisotopic (exact) mass is 301 g/mol. The summed E-state index contributed by atoms with van der Waals surface area (Å²) in [4.78, 5) is 4.87. The van der Waals surface area contributed by atoms with Gasteiger partial charge in [-0.1, -0.05) is 48.0 Å². The Hall–Kier alpha value is -2.61. The van der Waals surface area contributed by atoms with Crippen molar-refractivity contribution in [2.24, 2.45) is 0 Å². The molecule has 0 unspecified atom stereocenters. The lowest BCUT2D eigenvalue weighted by Crippen LogP contribution is -2.05. The number of pyridine rings is 1. The van der Waals surface area contributed by atoms with Crippen LogP contribution in [0.4, 0.5) is 0 Å². The highest BCUT2D eigenvalue weighted by Crippen LogP contribution is 2.38. The van der Waals surface area contributed by atoms with Crippen molar-refractivity contribution in [2.75, 3.05) is 0 Å². The molecule has 0 saturated heterocycles. The van der Waals surface area contributed by atoms with Gasteiger partial charge >= 0.3 is 0 Å². The van der Waals surface area contributed by atoms with Crippen LogP contribution in [0.15, 0.2) is 48.5 Å². The molecule has 0 fully saturated rings. The van der Waals surface area contributed by atoms with E-state index >= 15 is 0 Å². The Morgan fingerprint density at radius 3 is 2.74 bits per heavy atom. The first kappa shape index (κ1) is 14.0. The maximum absolute atomic E-state index is 6.09. The number of rotatable bonds is 2. The van der Waals surface area contributed by atoms with Crippen LogP contribution in [0, 0.1) is 6.92 Å². The molecule has 0 radical (unpaired) electrons. The average molecular weight is 301 g/mol. The molecule has 0 N–H and O–H groups in total. The van der Waals surface area contributed by atoms with Crippen molar-refractivity contribution in [3.8, 4) is 5.75 Å². The van der Waals surface area contributed by atoms with Crippen LogP contribution in [0.25, 0.3) is 23.1 Å². The Morgan fingerprint density at radius 1 is 1.09 bits per heavy atom. The summed E-state index contributed by atoms with van der Waals surface area (Å²) in [5.41, 5.74) is 5.65. The molecule has 2 aromatic carbocycles. The molecule has 0 aliphatic carbocycles. The summed E-state index contributed by atoms with van der Waals surface area (Å²) in [6, 6.07) is 16.7. The number of hydrogen-bond donors (Lipinski definition) is 0. The van der Waals surface area contributed by atoms with Crippen molar-refractivity contribution in [3.63, 3.8) is 0 Å². The maximum atomic E-state index is 6.09. The quantitative estimate of drug-likeness (QED) is 0.661. The molecule has 23 heavy (non-hydrogen) atoms. The van der Waals surface area contributed by atoms with E-state index in [1.54, 1.807) is 0 Å². The van der Waals surface area contributed by atoms with E-state index in [1.807, 2.05) is 18.2 Å². The lowest BCUT2D eigenvalue weighted by atomic mass is 10.0. The fourth-order valence-electron chi connectivity index (χ4n) is 3.14. The van der Waals surface area contributed by atoms with E-state index in [0.29, 0.717) is 0 Å². The van der Waals surface area contributed by atoms with Gasteiger partial charge in [0.15, 0.2) is 0 Å². The van der Waals surface area contributed by atoms with E-state index in [-0.39, 0.29) is 6.10 Å².